The fourth-order valence-corrected chi connectivity index (χ4v) is 5.00. The molecule has 5 rings (SSSR count). The van der Waals surface area contributed by atoms with Crippen LogP contribution < -0.4 is 10.6 Å². The van der Waals surface area contributed by atoms with E-state index in [4.69, 9.17) is 39.8 Å². The minimum Gasteiger partial charge on any atom is -0.459 e. The van der Waals surface area contributed by atoms with E-state index in [-0.39, 0.29) is 24.4 Å². The summed E-state index contributed by atoms with van der Waals surface area (Å²) in [5.41, 5.74) is 2.27. The minimum absolute atomic E-state index is 0.102. The molecule has 9 heteroatoms. The van der Waals surface area contributed by atoms with Gasteiger partial charge in [0, 0.05) is 30.4 Å². The summed E-state index contributed by atoms with van der Waals surface area (Å²) in [4.78, 5) is 19.2. The highest BCUT2D eigenvalue weighted by Gasteiger charge is 2.41. The average Bonchev–Trinajstić information content (AvgIpc) is 3.50. The van der Waals surface area contributed by atoms with Gasteiger partial charge >= 0.3 is 0 Å². The van der Waals surface area contributed by atoms with E-state index in [9.17, 15) is 4.79 Å². The van der Waals surface area contributed by atoms with Crippen LogP contribution in [-0.4, -0.2) is 27.4 Å². The predicted molar refractivity (Wildman–Crippen MR) is 146 cm³/mol. The van der Waals surface area contributed by atoms with Crippen LogP contribution in [0.25, 0.3) is 11.3 Å². The second-order valence-electron chi connectivity index (χ2n) is 8.29. The van der Waals surface area contributed by atoms with Gasteiger partial charge in [-0.2, -0.15) is 0 Å². The van der Waals surface area contributed by atoms with E-state index in [1.807, 2.05) is 77.7 Å². The topological polar surface area (TPSA) is 70.4 Å². The van der Waals surface area contributed by atoms with Crippen molar-refractivity contribution in [3.8, 4) is 11.3 Å². The molecule has 0 saturated carbocycles. The zero-order chi connectivity index (χ0) is 25.1. The van der Waals surface area contributed by atoms with Gasteiger partial charge in [-0.15, -0.1) is 0 Å². The fraction of sp³-hybridized carbons (Fsp3) is 0.148. The first-order valence-corrected chi connectivity index (χ1v) is 12.5. The maximum Gasteiger partial charge on any atom is 0.226 e. The van der Waals surface area contributed by atoms with Crippen LogP contribution in [0.2, 0.25) is 10.0 Å². The van der Waals surface area contributed by atoms with E-state index in [0.717, 1.165) is 11.4 Å². The summed E-state index contributed by atoms with van der Waals surface area (Å²) >= 11 is 18.3. The van der Waals surface area contributed by atoms with E-state index < -0.39 is 0 Å². The van der Waals surface area contributed by atoms with Crippen LogP contribution in [-0.2, 0) is 4.79 Å². The Balaban J connectivity index is 1.42. The third-order valence-electron chi connectivity index (χ3n) is 5.97. The predicted octanol–water partition coefficient (Wildman–Crippen LogP) is 6.65. The van der Waals surface area contributed by atoms with Crippen molar-refractivity contribution in [2.45, 2.75) is 18.5 Å². The number of carbonyl (C=O) groups is 1. The largest absolute Gasteiger partial charge is 0.459 e. The molecule has 1 aliphatic heterocycles. The summed E-state index contributed by atoms with van der Waals surface area (Å²) in [7, 11) is 0. The number of rotatable bonds is 7. The van der Waals surface area contributed by atoms with Gasteiger partial charge in [-0.3, -0.25) is 9.78 Å². The van der Waals surface area contributed by atoms with Crippen molar-refractivity contribution >= 4 is 52.1 Å². The number of nitrogens with zero attached hydrogens (tertiary/aromatic N) is 2. The highest BCUT2D eigenvalue weighted by Crippen LogP contribution is 2.42. The van der Waals surface area contributed by atoms with Crippen molar-refractivity contribution in [2.75, 3.05) is 11.9 Å². The van der Waals surface area contributed by atoms with Crippen LogP contribution in [0.5, 0.6) is 0 Å². The molecule has 2 aromatic carbocycles. The molecule has 36 heavy (non-hydrogen) atoms. The van der Waals surface area contributed by atoms with Crippen LogP contribution in [0.15, 0.2) is 89.5 Å². The molecule has 1 aliphatic rings. The molecule has 0 aliphatic carbocycles. The summed E-state index contributed by atoms with van der Waals surface area (Å²) in [5, 5.41) is 7.70. The highest BCUT2D eigenvalue weighted by atomic mass is 35.5. The first-order valence-electron chi connectivity index (χ1n) is 11.4. The molecular formula is C27H22Cl2N4O2S. The Morgan fingerprint density at radius 1 is 1.03 bits per heavy atom. The maximum atomic E-state index is 12.7. The van der Waals surface area contributed by atoms with Gasteiger partial charge in [0.1, 0.15) is 17.6 Å². The number of furan rings is 1. The van der Waals surface area contributed by atoms with Crippen molar-refractivity contribution in [1.29, 1.82) is 0 Å². The Kier molecular flexibility index (Phi) is 7.23. The van der Waals surface area contributed by atoms with E-state index >= 15 is 0 Å². The van der Waals surface area contributed by atoms with Gasteiger partial charge in [0.15, 0.2) is 5.11 Å². The number of amides is 1. The Morgan fingerprint density at radius 3 is 2.61 bits per heavy atom. The quantitative estimate of drug-likeness (QED) is 0.257. The van der Waals surface area contributed by atoms with Gasteiger partial charge in [0.25, 0.3) is 0 Å². The SMILES string of the molecule is O=C(CCN1C(=S)N[C@@H](c2ccccn2)[C@@H]1c1ccc(-c2cccc(Cl)c2Cl)o1)Nc1ccccc1. The lowest BCUT2D eigenvalue weighted by molar-refractivity contribution is -0.116. The molecule has 6 nitrogen and oxygen atoms in total. The Bertz CT molecular complexity index is 1380. The number of carbonyl (C=O) groups excluding carboxylic acids is 1. The lowest BCUT2D eigenvalue weighted by Gasteiger charge is -2.25. The number of para-hydroxylation sites is 1. The third kappa shape index (κ3) is 5.09. The van der Waals surface area contributed by atoms with E-state index in [1.165, 1.54) is 0 Å². The number of anilines is 1. The monoisotopic (exact) mass is 536 g/mol. The van der Waals surface area contributed by atoms with Crippen molar-refractivity contribution in [1.82, 2.24) is 15.2 Å². The smallest absolute Gasteiger partial charge is 0.226 e. The Hall–Kier alpha value is -3.39. The zero-order valence-electron chi connectivity index (χ0n) is 19.0. The summed E-state index contributed by atoms with van der Waals surface area (Å²) in [5.74, 6) is 1.17. The highest BCUT2D eigenvalue weighted by molar-refractivity contribution is 7.80. The van der Waals surface area contributed by atoms with Crippen molar-refractivity contribution in [3.05, 3.63) is 107 Å². The Labute approximate surface area is 224 Å². The molecule has 2 atom stereocenters. The molecule has 0 unspecified atom stereocenters. The number of nitrogens with one attached hydrogen (secondary N) is 2. The van der Waals surface area contributed by atoms with E-state index in [2.05, 4.69) is 15.6 Å². The van der Waals surface area contributed by atoms with Crippen LogP contribution in [0.1, 0.15) is 30.0 Å². The standard InChI is InChI=1S/C27H22Cl2N4O2S/c28-19-10-6-9-18(24(19)29)21-12-13-22(35-21)26-25(20-11-4-5-15-30-20)32-27(36)33(26)16-14-23(34)31-17-7-2-1-3-8-17/h1-13,15,25-26H,14,16H2,(H,31,34)(H,32,36)/t25-,26-/m0/s1. The number of pyridine rings is 1. The summed E-state index contributed by atoms with van der Waals surface area (Å²) < 4.78 is 6.31. The van der Waals surface area contributed by atoms with Crippen molar-refractivity contribution in [3.63, 3.8) is 0 Å². The lowest BCUT2D eigenvalue weighted by atomic mass is 10.0. The molecule has 1 amide bonds. The molecule has 0 bridgehead atoms. The van der Waals surface area contributed by atoms with Gasteiger partial charge in [0.2, 0.25) is 5.91 Å². The maximum absolute atomic E-state index is 12.7. The zero-order valence-corrected chi connectivity index (χ0v) is 21.4. The summed E-state index contributed by atoms with van der Waals surface area (Å²) in [6.07, 6.45) is 1.99. The first kappa shape index (κ1) is 24.3. The molecule has 0 radical (unpaired) electrons. The number of hydrogen-bond acceptors (Lipinski definition) is 4. The summed E-state index contributed by atoms with van der Waals surface area (Å²) in [6.45, 7) is 0.395. The van der Waals surface area contributed by atoms with Gasteiger partial charge < -0.3 is 20.0 Å². The molecule has 0 spiro atoms. The summed E-state index contributed by atoms with van der Waals surface area (Å²) in [6, 6.07) is 23.7. The molecule has 2 N–H and O–H groups in total. The number of halogens is 2. The van der Waals surface area contributed by atoms with Gasteiger partial charge in [-0.05, 0) is 60.7 Å². The Morgan fingerprint density at radius 2 is 1.83 bits per heavy atom. The molecule has 3 heterocycles. The average molecular weight is 537 g/mol. The van der Waals surface area contributed by atoms with Crippen LogP contribution in [0.3, 0.4) is 0 Å². The fourth-order valence-electron chi connectivity index (χ4n) is 4.27. The number of benzene rings is 2. The van der Waals surface area contributed by atoms with Crippen LogP contribution >= 0.6 is 35.4 Å². The van der Waals surface area contributed by atoms with Crippen LogP contribution in [0.4, 0.5) is 5.69 Å². The lowest BCUT2D eigenvalue weighted by Crippen LogP contribution is -2.32. The molecule has 182 valence electrons. The number of aromatic nitrogens is 1. The number of hydrogen-bond donors (Lipinski definition) is 2. The molecular weight excluding hydrogens is 515 g/mol. The second-order valence-corrected chi connectivity index (χ2v) is 9.46. The van der Waals surface area contributed by atoms with Gasteiger partial charge in [-0.1, -0.05) is 53.5 Å². The third-order valence-corrected chi connectivity index (χ3v) is 7.14. The van der Waals surface area contributed by atoms with Crippen molar-refractivity contribution < 1.29 is 9.21 Å². The molecule has 2 aromatic heterocycles. The van der Waals surface area contributed by atoms with E-state index in [0.29, 0.717) is 38.8 Å². The van der Waals surface area contributed by atoms with Crippen LogP contribution in [0, 0.1) is 0 Å². The molecule has 1 saturated heterocycles. The minimum atomic E-state index is -0.316. The van der Waals surface area contributed by atoms with Gasteiger partial charge in [-0.25, -0.2) is 0 Å². The molecule has 4 aromatic rings. The van der Waals surface area contributed by atoms with Crippen molar-refractivity contribution in [2.24, 2.45) is 0 Å². The first-order chi connectivity index (χ1) is 17.5. The molecule has 1 fully saturated rings. The second kappa shape index (κ2) is 10.7. The normalized spacial score (nSPS) is 17.2. The van der Waals surface area contributed by atoms with E-state index in [1.54, 1.807) is 12.3 Å². The number of thiocarbonyl (C=S) groups is 1. The van der Waals surface area contributed by atoms with Gasteiger partial charge in [0.05, 0.1) is 21.8 Å².